The Kier molecular flexibility index (Phi) is 4.13. The Hall–Kier alpha value is -1.99. The molecule has 1 aliphatic carbocycles. The van der Waals surface area contributed by atoms with Crippen LogP contribution in [0, 0.1) is 0 Å². The third-order valence-corrected chi connectivity index (χ3v) is 6.30. The Balaban J connectivity index is 1.19. The first-order valence-corrected chi connectivity index (χ1v) is 9.82. The number of fused-ring (bicyclic) bond motifs is 3. The molecule has 2 aliphatic heterocycles. The summed E-state index contributed by atoms with van der Waals surface area (Å²) < 4.78 is 2.24. The molecular weight excluding hydrogens is 328 g/mol. The fourth-order valence-corrected chi connectivity index (χ4v) is 4.49. The van der Waals surface area contributed by atoms with Gasteiger partial charge in [0.1, 0.15) is 0 Å². The first-order chi connectivity index (χ1) is 12.8. The summed E-state index contributed by atoms with van der Waals surface area (Å²) in [5.74, 6) is 0.280. The predicted molar refractivity (Wildman–Crippen MR) is 98.6 cm³/mol. The fraction of sp³-hybridized carbons (Fsp3) is 0.632. The van der Waals surface area contributed by atoms with Crippen molar-refractivity contribution in [2.75, 3.05) is 39.3 Å². The molecule has 2 fully saturated rings. The Morgan fingerprint density at radius 1 is 1.12 bits per heavy atom. The molecule has 7 heteroatoms. The summed E-state index contributed by atoms with van der Waals surface area (Å²) >= 11 is 0. The summed E-state index contributed by atoms with van der Waals surface area (Å²) in [5, 5.41) is 9.40. The molecule has 0 aromatic carbocycles. The number of nitrogens with zero attached hydrogens (tertiary/aromatic N) is 6. The fourth-order valence-electron chi connectivity index (χ4n) is 4.49. The first kappa shape index (κ1) is 16.2. The van der Waals surface area contributed by atoms with Crippen LogP contribution in [0.5, 0.6) is 0 Å². The highest BCUT2D eigenvalue weighted by Gasteiger charge is 2.30. The van der Waals surface area contributed by atoms with Crippen molar-refractivity contribution in [3.63, 3.8) is 0 Å². The van der Waals surface area contributed by atoms with E-state index in [1.807, 2.05) is 6.07 Å². The van der Waals surface area contributed by atoms with Crippen LogP contribution in [-0.4, -0.2) is 80.7 Å². The summed E-state index contributed by atoms with van der Waals surface area (Å²) in [7, 11) is 0. The Morgan fingerprint density at radius 2 is 1.96 bits per heavy atom. The molecule has 0 radical (unpaired) electrons. The van der Waals surface area contributed by atoms with Crippen LogP contribution < -0.4 is 0 Å². The standard InChI is InChI=1S/C19H26N6O/c26-18(24-9-7-23(8-10-24)16-2-1-3-16)14-22-6-11-25-17(13-22)12-15-4-5-20-21-19(15)25/h4-5,12,16H,1-3,6-11,13-14H2. The van der Waals surface area contributed by atoms with Gasteiger partial charge in [0.2, 0.25) is 5.91 Å². The number of amides is 1. The average Bonchev–Trinajstić information content (AvgIpc) is 2.98. The summed E-state index contributed by atoms with van der Waals surface area (Å²) in [6, 6.07) is 4.97. The van der Waals surface area contributed by atoms with Crippen LogP contribution in [0.15, 0.2) is 18.3 Å². The summed E-state index contributed by atoms with van der Waals surface area (Å²) in [6.07, 6.45) is 5.81. The normalized spacial score (nSPS) is 22.4. The van der Waals surface area contributed by atoms with Crippen molar-refractivity contribution in [3.05, 3.63) is 24.0 Å². The lowest BCUT2D eigenvalue weighted by Gasteiger charge is -2.43. The highest BCUT2D eigenvalue weighted by atomic mass is 16.2. The maximum atomic E-state index is 12.7. The van der Waals surface area contributed by atoms with Gasteiger partial charge in [-0.25, -0.2) is 0 Å². The molecule has 138 valence electrons. The molecule has 0 atom stereocenters. The zero-order chi connectivity index (χ0) is 17.5. The van der Waals surface area contributed by atoms with Crippen molar-refractivity contribution in [1.82, 2.24) is 29.5 Å². The van der Waals surface area contributed by atoms with Crippen molar-refractivity contribution < 1.29 is 4.79 Å². The van der Waals surface area contributed by atoms with Crippen LogP contribution in [0.2, 0.25) is 0 Å². The molecular formula is C19H26N6O. The van der Waals surface area contributed by atoms with Crippen LogP contribution >= 0.6 is 0 Å². The van der Waals surface area contributed by atoms with Gasteiger partial charge >= 0.3 is 0 Å². The van der Waals surface area contributed by atoms with Gasteiger partial charge in [0.15, 0.2) is 5.65 Å². The van der Waals surface area contributed by atoms with Crippen molar-refractivity contribution in [2.45, 2.75) is 38.4 Å². The molecule has 0 unspecified atom stereocenters. The number of aromatic nitrogens is 3. The van der Waals surface area contributed by atoms with Crippen molar-refractivity contribution in [2.24, 2.45) is 0 Å². The highest BCUT2D eigenvalue weighted by Crippen LogP contribution is 2.26. The van der Waals surface area contributed by atoms with E-state index in [0.29, 0.717) is 6.54 Å². The van der Waals surface area contributed by atoms with E-state index in [0.717, 1.165) is 62.9 Å². The third kappa shape index (κ3) is 2.89. The van der Waals surface area contributed by atoms with E-state index in [1.54, 1.807) is 6.20 Å². The van der Waals surface area contributed by atoms with Crippen molar-refractivity contribution in [1.29, 1.82) is 0 Å². The molecule has 0 N–H and O–H groups in total. The van der Waals surface area contributed by atoms with Gasteiger partial charge in [-0.1, -0.05) is 6.42 Å². The maximum Gasteiger partial charge on any atom is 0.236 e. The van der Waals surface area contributed by atoms with Gasteiger partial charge in [-0.05, 0) is 25.0 Å². The Bertz CT molecular complexity index is 805. The Labute approximate surface area is 153 Å². The van der Waals surface area contributed by atoms with Crippen LogP contribution in [0.25, 0.3) is 11.0 Å². The minimum atomic E-state index is 0.280. The van der Waals surface area contributed by atoms with E-state index in [4.69, 9.17) is 0 Å². The molecule has 1 saturated carbocycles. The minimum absolute atomic E-state index is 0.280. The van der Waals surface area contributed by atoms with E-state index < -0.39 is 0 Å². The van der Waals surface area contributed by atoms with E-state index in [2.05, 4.69) is 35.5 Å². The average molecular weight is 354 g/mol. The number of rotatable bonds is 3. The molecule has 3 aliphatic rings. The molecule has 0 bridgehead atoms. The van der Waals surface area contributed by atoms with Gasteiger partial charge in [0.05, 0.1) is 12.7 Å². The van der Waals surface area contributed by atoms with Gasteiger partial charge in [-0.15, -0.1) is 5.10 Å². The topological polar surface area (TPSA) is 57.5 Å². The number of piperazine rings is 1. The SMILES string of the molecule is O=C(CN1CCn2c(cc3ccnnc32)C1)N1CCN(C2CCC2)CC1. The lowest BCUT2D eigenvalue weighted by Crippen LogP contribution is -2.55. The molecule has 4 heterocycles. The number of carbonyl (C=O) groups excluding carboxylic acids is 1. The second-order valence-electron chi connectivity index (χ2n) is 7.81. The second kappa shape index (κ2) is 6.63. The van der Waals surface area contributed by atoms with Crippen molar-refractivity contribution >= 4 is 16.9 Å². The van der Waals surface area contributed by atoms with Crippen LogP contribution in [0.1, 0.15) is 25.0 Å². The summed E-state index contributed by atoms with van der Waals surface area (Å²) in [4.78, 5) is 19.7. The lowest BCUT2D eigenvalue weighted by molar-refractivity contribution is -0.135. The molecule has 1 saturated heterocycles. The van der Waals surface area contributed by atoms with Gasteiger partial charge in [0.25, 0.3) is 0 Å². The van der Waals surface area contributed by atoms with Gasteiger partial charge in [-0.2, -0.15) is 5.10 Å². The predicted octanol–water partition coefficient (Wildman–Crippen LogP) is 0.944. The van der Waals surface area contributed by atoms with Crippen molar-refractivity contribution in [3.8, 4) is 0 Å². The molecule has 26 heavy (non-hydrogen) atoms. The van der Waals surface area contributed by atoms with Crippen LogP contribution in [-0.2, 0) is 17.9 Å². The summed E-state index contributed by atoms with van der Waals surface area (Å²) in [5.41, 5.74) is 2.19. The zero-order valence-electron chi connectivity index (χ0n) is 15.2. The molecule has 5 rings (SSSR count). The van der Waals surface area contributed by atoms with E-state index in [-0.39, 0.29) is 5.91 Å². The molecule has 2 aromatic rings. The van der Waals surface area contributed by atoms with Gasteiger partial charge in [0, 0.05) is 62.9 Å². The highest BCUT2D eigenvalue weighted by molar-refractivity contribution is 5.79. The van der Waals surface area contributed by atoms with E-state index in [1.165, 1.54) is 25.0 Å². The molecule has 2 aromatic heterocycles. The zero-order valence-corrected chi connectivity index (χ0v) is 15.2. The number of hydrogen-bond acceptors (Lipinski definition) is 5. The Morgan fingerprint density at radius 3 is 2.73 bits per heavy atom. The lowest BCUT2D eigenvalue weighted by atomic mass is 9.91. The van der Waals surface area contributed by atoms with Gasteiger partial charge in [-0.3, -0.25) is 14.6 Å². The number of hydrogen-bond donors (Lipinski definition) is 0. The first-order valence-electron chi connectivity index (χ1n) is 9.82. The van der Waals surface area contributed by atoms with E-state index >= 15 is 0 Å². The number of carbonyl (C=O) groups is 1. The quantitative estimate of drug-likeness (QED) is 0.821. The maximum absolute atomic E-state index is 12.7. The van der Waals surface area contributed by atoms with E-state index in [9.17, 15) is 4.79 Å². The van der Waals surface area contributed by atoms with Crippen LogP contribution in [0.4, 0.5) is 0 Å². The smallest absolute Gasteiger partial charge is 0.236 e. The molecule has 0 spiro atoms. The largest absolute Gasteiger partial charge is 0.339 e. The van der Waals surface area contributed by atoms with Crippen LogP contribution in [0.3, 0.4) is 0 Å². The monoisotopic (exact) mass is 354 g/mol. The molecule has 1 amide bonds. The third-order valence-electron chi connectivity index (χ3n) is 6.30. The summed E-state index contributed by atoms with van der Waals surface area (Å²) in [6.45, 7) is 6.97. The second-order valence-corrected chi connectivity index (χ2v) is 7.81. The molecule has 7 nitrogen and oxygen atoms in total. The van der Waals surface area contributed by atoms with Gasteiger partial charge < -0.3 is 9.47 Å². The minimum Gasteiger partial charge on any atom is -0.339 e.